The Balaban J connectivity index is 3.90. The summed E-state index contributed by atoms with van der Waals surface area (Å²) in [5.41, 5.74) is 0. The predicted octanol–water partition coefficient (Wildman–Crippen LogP) is 16.5. The molecule has 0 aromatic heterocycles. The Morgan fingerprint density at radius 3 is 1.33 bits per heavy atom. The van der Waals surface area contributed by atoms with Gasteiger partial charge in [0.1, 0.15) is 13.2 Å². The van der Waals surface area contributed by atoms with Crippen molar-refractivity contribution in [2.45, 2.75) is 257 Å². The van der Waals surface area contributed by atoms with Gasteiger partial charge in [-0.05, 0) is 57.8 Å². The molecule has 66 heavy (non-hydrogen) atoms. The van der Waals surface area contributed by atoms with E-state index in [1.54, 1.807) is 0 Å². The zero-order valence-electron chi connectivity index (χ0n) is 43.9. The normalized spacial score (nSPS) is 14.5. The van der Waals surface area contributed by atoms with Crippen LogP contribution >= 0.6 is 7.82 Å². The van der Waals surface area contributed by atoms with Gasteiger partial charge < -0.3 is 19.8 Å². The van der Waals surface area contributed by atoms with E-state index in [0.717, 1.165) is 70.6 Å². The van der Waals surface area contributed by atoms with Crippen molar-refractivity contribution in [3.63, 3.8) is 0 Å². The minimum atomic E-state index is -4.31. The molecule has 0 rings (SSSR count). The molecule has 0 radical (unpaired) electrons. The SMILES string of the molecule is CC/C=C\C/C=C\C/C=C\C/C=C\C/C=C\CCCCCCCCCCCCCCCCCCCCCC(=O)NC(COP(=O)(O)OCC[N+](C)(C)C)C(O)CCCCCCCCCCC. The summed E-state index contributed by atoms with van der Waals surface area (Å²) in [7, 11) is 1.62. The first kappa shape index (κ1) is 64.2. The lowest BCUT2D eigenvalue weighted by molar-refractivity contribution is -0.870. The maximum atomic E-state index is 12.9. The van der Waals surface area contributed by atoms with Crippen LogP contribution in [0.5, 0.6) is 0 Å². The Kier molecular flexibility index (Phi) is 46.9. The Morgan fingerprint density at radius 1 is 0.530 bits per heavy atom. The van der Waals surface area contributed by atoms with E-state index in [4.69, 9.17) is 9.05 Å². The molecule has 3 atom stereocenters. The van der Waals surface area contributed by atoms with Crippen LogP contribution < -0.4 is 5.32 Å². The molecule has 0 aliphatic rings. The van der Waals surface area contributed by atoms with Crippen LogP contribution in [0.4, 0.5) is 0 Å². The Hall–Kier alpha value is -1.80. The number of unbranched alkanes of at least 4 members (excludes halogenated alkanes) is 27. The molecule has 0 aliphatic carbocycles. The molecule has 0 spiro atoms. The number of rotatable bonds is 50. The van der Waals surface area contributed by atoms with Crippen LogP contribution in [0, 0.1) is 0 Å². The van der Waals surface area contributed by atoms with Crippen LogP contribution in [-0.4, -0.2) is 73.4 Å². The molecule has 1 amide bonds. The molecule has 0 aliphatic heterocycles. The molecule has 3 N–H and O–H groups in total. The van der Waals surface area contributed by atoms with Crippen molar-refractivity contribution in [3.05, 3.63) is 60.8 Å². The summed E-state index contributed by atoms with van der Waals surface area (Å²) >= 11 is 0. The lowest BCUT2D eigenvalue weighted by Crippen LogP contribution is -2.46. The third kappa shape index (κ3) is 50.1. The summed E-state index contributed by atoms with van der Waals surface area (Å²) in [5, 5.41) is 13.9. The molecule has 9 heteroatoms. The lowest BCUT2D eigenvalue weighted by atomic mass is 10.0. The fourth-order valence-electron chi connectivity index (χ4n) is 7.96. The number of carbonyl (C=O) groups excluding carboxylic acids is 1. The number of quaternary nitrogens is 1. The molecular formula is C57H108N2O6P+. The highest BCUT2D eigenvalue weighted by Crippen LogP contribution is 2.43. The second-order valence-corrected chi connectivity index (χ2v) is 21.4. The minimum Gasteiger partial charge on any atom is -0.391 e. The van der Waals surface area contributed by atoms with Crippen LogP contribution in [0.3, 0.4) is 0 Å². The fourth-order valence-corrected chi connectivity index (χ4v) is 8.69. The number of likely N-dealkylation sites (N-methyl/N-ethyl adjacent to an activating group) is 1. The number of allylic oxidation sites excluding steroid dienone is 10. The lowest BCUT2D eigenvalue weighted by Gasteiger charge is -2.26. The zero-order chi connectivity index (χ0) is 48.5. The van der Waals surface area contributed by atoms with Crippen LogP contribution in [0.1, 0.15) is 245 Å². The van der Waals surface area contributed by atoms with Gasteiger partial charge in [-0.2, -0.15) is 0 Å². The Labute approximate surface area is 409 Å². The topological polar surface area (TPSA) is 105 Å². The maximum Gasteiger partial charge on any atom is 0.472 e. The number of phosphoric acid groups is 1. The van der Waals surface area contributed by atoms with Crippen molar-refractivity contribution >= 4 is 13.7 Å². The molecule has 0 aromatic carbocycles. The van der Waals surface area contributed by atoms with E-state index in [1.165, 1.54) is 148 Å². The number of aliphatic hydroxyl groups excluding tert-OH is 1. The van der Waals surface area contributed by atoms with Crippen molar-refractivity contribution in [1.82, 2.24) is 5.32 Å². The molecule has 0 aromatic rings. The molecule has 8 nitrogen and oxygen atoms in total. The summed E-state index contributed by atoms with van der Waals surface area (Å²) in [6.07, 6.45) is 64.4. The third-order valence-corrected chi connectivity index (χ3v) is 13.3. The first-order valence-corrected chi connectivity index (χ1v) is 29.1. The number of hydrogen-bond acceptors (Lipinski definition) is 5. The van der Waals surface area contributed by atoms with Crippen LogP contribution in [0.25, 0.3) is 0 Å². The summed E-state index contributed by atoms with van der Waals surface area (Å²) in [4.78, 5) is 23.2. The van der Waals surface area contributed by atoms with E-state index < -0.39 is 20.0 Å². The van der Waals surface area contributed by atoms with Gasteiger partial charge in [-0.1, -0.05) is 242 Å². The first-order chi connectivity index (χ1) is 32.0. The fraction of sp³-hybridized carbons (Fsp3) is 0.807. The number of phosphoric ester groups is 1. The second-order valence-electron chi connectivity index (χ2n) is 19.9. The molecule has 0 saturated heterocycles. The summed E-state index contributed by atoms with van der Waals surface area (Å²) in [5.74, 6) is -0.145. The average molecular weight is 948 g/mol. The van der Waals surface area contributed by atoms with Gasteiger partial charge >= 0.3 is 7.82 Å². The van der Waals surface area contributed by atoms with Crippen molar-refractivity contribution in [3.8, 4) is 0 Å². The highest BCUT2D eigenvalue weighted by Gasteiger charge is 2.28. The van der Waals surface area contributed by atoms with E-state index >= 15 is 0 Å². The highest BCUT2D eigenvalue weighted by atomic mass is 31.2. The van der Waals surface area contributed by atoms with Gasteiger partial charge in [0, 0.05) is 6.42 Å². The smallest absolute Gasteiger partial charge is 0.391 e. The molecular weight excluding hydrogens is 840 g/mol. The van der Waals surface area contributed by atoms with Crippen LogP contribution in [0.15, 0.2) is 60.8 Å². The quantitative estimate of drug-likeness (QED) is 0.0243. The number of nitrogens with one attached hydrogen (secondary N) is 1. The monoisotopic (exact) mass is 948 g/mol. The van der Waals surface area contributed by atoms with Crippen molar-refractivity contribution in [2.75, 3.05) is 40.9 Å². The van der Waals surface area contributed by atoms with E-state index in [0.29, 0.717) is 23.9 Å². The average Bonchev–Trinajstić information content (AvgIpc) is 3.28. The molecule has 0 heterocycles. The maximum absolute atomic E-state index is 12.9. The van der Waals surface area contributed by atoms with Gasteiger partial charge in [0.15, 0.2) is 0 Å². The van der Waals surface area contributed by atoms with Gasteiger partial charge in [0.05, 0.1) is 39.9 Å². The van der Waals surface area contributed by atoms with E-state index in [-0.39, 0.29) is 19.1 Å². The first-order valence-electron chi connectivity index (χ1n) is 27.7. The van der Waals surface area contributed by atoms with Gasteiger partial charge in [-0.25, -0.2) is 4.57 Å². The number of amides is 1. The van der Waals surface area contributed by atoms with Crippen LogP contribution in [0.2, 0.25) is 0 Å². The summed E-state index contributed by atoms with van der Waals surface area (Å²) in [6.45, 7) is 4.76. The number of hydrogen-bond donors (Lipinski definition) is 3. The number of carbonyl (C=O) groups is 1. The molecule has 3 unspecified atom stereocenters. The van der Waals surface area contributed by atoms with Gasteiger partial charge in [0.2, 0.25) is 5.91 Å². The Bertz CT molecular complexity index is 1260. The van der Waals surface area contributed by atoms with Crippen LogP contribution in [-0.2, 0) is 18.4 Å². The molecule has 386 valence electrons. The Morgan fingerprint density at radius 2 is 0.909 bits per heavy atom. The van der Waals surface area contributed by atoms with Crippen molar-refractivity contribution < 1.29 is 32.9 Å². The summed E-state index contributed by atoms with van der Waals surface area (Å²) < 4.78 is 23.6. The molecule has 0 bridgehead atoms. The predicted molar refractivity (Wildman–Crippen MR) is 286 cm³/mol. The van der Waals surface area contributed by atoms with E-state index in [2.05, 4.69) is 79.9 Å². The highest BCUT2D eigenvalue weighted by molar-refractivity contribution is 7.47. The number of aliphatic hydroxyl groups is 1. The van der Waals surface area contributed by atoms with E-state index in [1.807, 2.05) is 21.1 Å². The zero-order valence-corrected chi connectivity index (χ0v) is 44.8. The molecule has 0 saturated carbocycles. The number of nitrogens with zero attached hydrogens (tertiary/aromatic N) is 1. The molecule has 0 fully saturated rings. The van der Waals surface area contributed by atoms with Crippen molar-refractivity contribution in [2.24, 2.45) is 0 Å². The van der Waals surface area contributed by atoms with Crippen molar-refractivity contribution in [1.29, 1.82) is 0 Å². The minimum absolute atomic E-state index is 0.0745. The van der Waals surface area contributed by atoms with Gasteiger partial charge in [0.25, 0.3) is 0 Å². The standard InChI is InChI=1S/C57H107N2O6P/c1-6-8-10-12-14-16-17-18-19-20-21-22-23-24-25-26-27-28-29-30-31-32-33-34-35-36-37-38-39-40-41-43-45-47-49-51-57(61)58-55(54-65-66(62,63)64-53-52-59(3,4)5)56(60)50-48-46-44-42-15-13-11-9-7-2/h8,10,14,16,18-19,21-22,24-25,55-56,60H,6-7,9,11-13,15,17,20,23,26-54H2,1-5H3,(H-,58,61,62,63)/p+1/b10-8-,16-14-,19-18-,22-21-,25-24-. The third-order valence-electron chi connectivity index (χ3n) is 12.3. The van der Waals surface area contributed by atoms with E-state index in [9.17, 15) is 19.4 Å². The summed E-state index contributed by atoms with van der Waals surface area (Å²) in [6, 6.07) is -0.758. The second kappa shape index (κ2) is 48.2. The van der Waals surface area contributed by atoms with Gasteiger partial charge in [-0.3, -0.25) is 13.8 Å². The van der Waals surface area contributed by atoms with Gasteiger partial charge in [-0.15, -0.1) is 0 Å². The largest absolute Gasteiger partial charge is 0.472 e.